The second-order valence-corrected chi connectivity index (χ2v) is 11.0. The molecule has 2 aromatic carbocycles. The van der Waals surface area contributed by atoms with Gasteiger partial charge in [0.2, 0.25) is 10.3 Å². The molecular weight excluding hydrogens is 507 g/mol. The Kier molecular flexibility index (Phi) is 8.72. The van der Waals surface area contributed by atoms with Crippen molar-refractivity contribution in [2.45, 2.75) is 51.6 Å². The minimum atomic E-state index is 0.140. The van der Waals surface area contributed by atoms with Crippen LogP contribution in [0.25, 0.3) is 0 Å². The van der Waals surface area contributed by atoms with Crippen LogP contribution < -0.4 is 10.6 Å². The summed E-state index contributed by atoms with van der Waals surface area (Å²) in [6.07, 6.45) is 3.88. The second-order valence-electron chi connectivity index (χ2n) is 8.04. The van der Waals surface area contributed by atoms with Gasteiger partial charge in [0.1, 0.15) is 10.0 Å². The van der Waals surface area contributed by atoms with E-state index in [-0.39, 0.29) is 12.1 Å². The molecule has 2 N–H and O–H groups in total. The Balaban J connectivity index is 1.19. The lowest BCUT2D eigenvalue weighted by atomic mass is 10.1. The highest BCUT2D eigenvalue weighted by Gasteiger charge is 2.11. The number of unbranched alkanes of at least 4 members (excludes halogenated alkanes) is 1. The lowest BCUT2D eigenvalue weighted by Gasteiger charge is -2.12. The van der Waals surface area contributed by atoms with Gasteiger partial charge in [-0.15, -0.1) is 20.4 Å². The smallest absolute Gasteiger partial charge is 0.206 e. The van der Waals surface area contributed by atoms with Crippen LogP contribution in [0.4, 0.5) is 10.3 Å². The summed E-state index contributed by atoms with van der Waals surface area (Å²) in [4.78, 5) is 0. The minimum absolute atomic E-state index is 0.140. The molecule has 4 aromatic rings. The van der Waals surface area contributed by atoms with Crippen LogP contribution in [-0.2, 0) is 12.8 Å². The van der Waals surface area contributed by atoms with Gasteiger partial charge in [-0.1, -0.05) is 70.1 Å². The van der Waals surface area contributed by atoms with Crippen molar-refractivity contribution < 1.29 is 0 Å². The van der Waals surface area contributed by atoms with Crippen molar-refractivity contribution in [1.29, 1.82) is 0 Å². The minimum Gasteiger partial charge on any atom is -0.354 e. The lowest BCUT2D eigenvalue weighted by Crippen LogP contribution is -2.05. The molecule has 0 amide bonds. The van der Waals surface area contributed by atoms with Crippen LogP contribution in [0.2, 0.25) is 10.0 Å². The molecule has 0 spiro atoms. The average molecular weight is 534 g/mol. The Labute approximate surface area is 217 Å². The highest BCUT2D eigenvalue weighted by Crippen LogP contribution is 2.26. The molecule has 0 bridgehead atoms. The van der Waals surface area contributed by atoms with E-state index >= 15 is 0 Å². The Bertz CT molecular complexity index is 1080. The molecule has 0 aliphatic rings. The fraction of sp³-hybridized carbons (Fsp3) is 0.333. The normalized spacial score (nSPS) is 12.9. The zero-order chi connectivity index (χ0) is 23.9. The molecule has 0 aliphatic carbocycles. The zero-order valence-electron chi connectivity index (χ0n) is 19.0. The molecule has 0 fully saturated rings. The van der Waals surface area contributed by atoms with Gasteiger partial charge in [0.05, 0.1) is 12.1 Å². The lowest BCUT2D eigenvalue weighted by molar-refractivity contribution is 0.718. The molecule has 6 nitrogen and oxygen atoms in total. The van der Waals surface area contributed by atoms with Crippen LogP contribution in [0.15, 0.2) is 48.5 Å². The van der Waals surface area contributed by atoms with Crippen LogP contribution in [0, 0.1) is 0 Å². The molecule has 0 aliphatic heterocycles. The van der Waals surface area contributed by atoms with Gasteiger partial charge in [-0.2, -0.15) is 0 Å². The predicted octanol–water partition coefficient (Wildman–Crippen LogP) is 7.61. The van der Waals surface area contributed by atoms with Gasteiger partial charge in [-0.05, 0) is 62.1 Å². The average Bonchev–Trinajstić information content (AvgIpc) is 3.47. The standard InChI is InChI=1S/C24H26Cl2N6S2/c1-15(17-7-11-19(25)12-8-17)27-23-31-29-21(33-23)5-3-4-6-22-30-32-24(34-22)28-16(2)18-9-13-20(26)14-10-18/h7-16H,3-6H2,1-2H3,(H,27,31)(H,28,32). The van der Waals surface area contributed by atoms with E-state index in [1.165, 1.54) is 0 Å². The Morgan fingerprint density at radius 3 is 1.41 bits per heavy atom. The summed E-state index contributed by atoms with van der Waals surface area (Å²) < 4.78 is 0. The fourth-order valence-corrected chi connectivity index (χ4v) is 5.41. The van der Waals surface area contributed by atoms with Crippen LogP contribution in [-0.4, -0.2) is 20.4 Å². The molecule has 2 unspecified atom stereocenters. The molecule has 2 atom stereocenters. The van der Waals surface area contributed by atoms with Crippen LogP contribution in [0.3, 0.4) is 0 Å². The van der Waals surface area contributed by atoms with E-state index in [0.717, 1.165) is 67.1 Å². The number of hydrogen-bond acceptors (Lipinski definition) is 8. The molecule has 10 heteroatoms. The Morgan fingerprint density at radius 2 is 1.03 bits per heavy atom. The maximum Gasteiger partial charge on any atom is 0.206 e. The highest BCUT2D eigenvalue weighted by molar-refractivity contribution is 7.15. The van der Waals surface area contributed by atoms with Gasteiger partial charge in [0.15, 0.2) is 0 Å². The summed E-state index contributed by atoms with van der Waals surface area (Å²) in [5, 5.41) is 29.3. The first kappa shape index (κ1) is 24.9. The highest BCUT2D eigenvalue weighted by atomic mass is 35.5. The Morgan fingerprint density at radius 1 is 0.647 bits per heavy atom. The molecule has 4 rings (SSSR count). The molecule has 34 heavy (non-hydrogen) atoms. The summed E-state index contributed by atoms with van der Waals surface area (Å²) in [5.41, 5.74) is 2.32. The number of hydrogen-bond donors (Lipinski definition) is 2. The molecule has 178 valence electrons. The van der Waals surface area contributed by atoms with Gasteiger partial charge in [0.25, 0.3) is 0 Å². The largest absolute Gasteiger partial charge is 0.354 e. The maximum atomic E-state index is 5.97. The number of nitrogens with zero attached hydrogens (tertiary/aromatic N) is 4. The van der Waals surface area contributed by atoms with Gasteiger partial charge in [-0.25, -0.2) is 0 Å². The van der Waals surface area contributed by atoms with E-state index in [9.17, 15) is 0 Å². The van der Waals surface area contributed by atoms with E-state index in [1.54, 1.807) is 22.7 Å². The fourth-order valence-electron chi connectivity index (χ4n) is 3.42. The quantitative estimate of drug-likeness (QED) is 0.193. The van der Waals surface area contributed by atoms with Gasteiger partial charge < -0.3 is 10.6 Å². The number of aromatic nitrogens is 4. The molecule has 2 aromatic heterocycles. The number of anilines is 2. The number of nitrogens with one attached hydrogen (secondary N) is 2. The first-order valence-corrected chi connectivity index (χ1v) is 13.5. The van der Waals surface area contributed by atoms with Gasteiger partial charge >= 0.3 is 0 Å². The third-order valence-corrected chi connectivity index (χ3v) is 7.72. The van der Waals surface area contributed by atoms with E-state index in [4.69, 9.17) is 23.2 Å². The van der Waals surface area contributed by atoms with E-state index in [1.807, 2.05) is 48.5 Å². The van der Waals surface area contributed by atoms with Crippen molar-refractivity contribution in [2.75, 3.05) is 10.6 Å². The van der Waals surface area contributed by atoms with Crippen LogP contribution in [0.1, 0.15) is 59.9 Å². The monoisotopic (exact) mass is 532 g/mol. The molecule has 0 saturated carbocycles. The SMILES string of the molecule is CC(Nc1nnc(CCCCc2nnc(NC(C)c3ccc(Cl)cc3)s2)s1)c1ccc(Cl)cc1. The van der Waals surface area contributed by atoms with Gasteiger partial charge in [-0.3, -0.25) is 0 Å². The number of aryl methyl sites for hydroxylation is 2. The van der Waals surface area contributed by atoms with Crippen molar-refractivity contribution in [1.82, 2.24) is 20.4 Å². The van der Waals surface area contributed by atoms with Crippen LogP contribution >= 0.6 is 45.9 Å². The predicted molar refractivity (Wildman–Crippen MR) is 143 cm³/mol. The second kappa shape index (κ2) is 11.9. The Hall–Kier alpha value is -2.26. The van der Waals surface area contributed by atoms with E-state index in [0.29, 0.717) is 0 Å². The first-order valence-electron chi connectivity index (χ1n) is 11.1. The number of rotatable bonds is 11. The summed E-state index contributed by atoms with van der Waals surface area (Å²) in [7, 11) is 0. The van der Waals surface area contributed by atoms with Crippen molar-refractivity contribution in [3.05, 3.63) is 79.7 Å². The zero-order valence-corrected chi connectivity index (χ0v) is 22.1. The molecular formula is C24H26Cl2N6S2. The summed E-state index contributed by atoms with van der Waals surface area (Å²) in [6, 6.07) is 16.0. The van der Waals surface area contributed by atoms with E-state index in [2.05, 4.69) is 44.9 Å². The molecule has 2 heterocycles. The van der Waals surface area contributed by atoms with E-state index < -0.39 is 0 Å². The maximum absolute atomic E-state index is 5.97. The summed E-state index contributed by atoms with van der Waals surface area (Å²) >= 11 is 15.2. The first-order chi connectivity index (χ1) is 16.5. The van der Waals surface area contributed by atoms with Crippen molar-refractivity contribution in [2.24, 2.45) is 0 Å². The van der Waals surface area contributed by atoms with Crippen molar-refractivity contribution in [3.63, 3.8) is 0 Å². The number of halogens is 2. The summed E-state index contributed by atoms with van der Waals surface area (Å²) in [6.45, 7) is 4.21. The molecule has 0 radical (unpaired) electrons. The topological polar surface area (TPSA) is 75.6 Å². The van der Waals surface area contributed by atoms with Gasteiger partial charge in [0, 0.05) is 22.9 Å². The van der Waals surface area contributed by atoms with Crippen LogP contribution in [0.5, 0.6) is 0 Å². The third-order valence-electron chi connectivity index (χ3n) is 5.38. The summed E-state index contributed by atoms with van der Waals surface area (Å²) in [5.74, 6) is 0. The number of benzene rings is 2. The van der Waals surface area contributed by atoms with Crippen molar-refractivity contribution in [3.8, 4) is 0 Å². The molecule has 0 saturated heterocycles. The third kappa shape index (κ3) is 7.12. The van der Waals surface area contributed by atoms with Crippen molar-refractivity contribution >= 4 is 56.1 Å².